The summed E-state index contributed by atoms with van der Waals surface area (Å²) < 4.78 is 0. The largest absolute Gasteiger partial charge is 0.396 e. The third-order valence-corrected chi connectivity index (χ3v) is 8.82. The molecule has 0 aliphatic heterocycles. The van der Waals surface area contributed by atoms with E-state index in [1.54, 1.807) is 11.3 Å². The first-order valence-electron chi connectivity index (χ1n) is 13.2. The number of aliphatic hydroxyl groups excluding tert-OH is 1. The zero-order valence-corrected chi connectivity index (χ0v) is 22.8. The van der Waals surface area contributed by atoms with Crippen LogP contribution in [0.1, 0.15) is 75.1 Å². The fraction of sp³-hybridized carbons (Fsp3) is 0.667. The summed E-state index contributed by atoms with van der Waals surface area (Å²) in [4.78, 5) is 15.9. The Morgan fingerprint density at radius 2 is 1.86 bits per heavy atom. The van der Waals surface area contributed by atoms with Gasteiger partial charge in [-0.1, -0.05) is 26.7 Å². The van der Waals surface area contributed by atoms with Crippen LogP contribution in [0.3, 0.4) is 0 Å². The van der Waals surface area contributed by atoms with Gasteiger partial charge in [0.05, 0.1) is 21.8 Å². The van der Waals surface area contributed by atoms with Gasteiger partial charge in [-0.2, -0.15) is 4.98 Å². The van der Waals surface area contributed by atoms with Crippen molar-refractivity contribution >= 4 is 29.2 Å². The second-order valence-electron chi connectivity index (χ2n) is 10.8. The molecule has 2 aliphatic rings. The van der Waals surface area contributed by atoms with Crippen molar-refractivity contribution in [2.45, 2.75) is 78.7 Å². The standard InChI is InChI=1S/C27H42N6OS/c1-6-27(4,14-19-7-8-19)16-29-26-31-18(3)23(25-30-17(2)22(35-25)11-12-28-5)24(33-26)32-21-10-9-20(13-21)15-34/h11-12,19-21,28,34H,6-10,13-16H2,1-5H3,(H2,29,31,32,33)/b12-11-. The third-order valence-electron chi connectivity index (χ3n) is 7.68. The number of nitrogens with zero attached hydrogens (tertiary/aromatic N) is 3. The first kappa shape index (κ1) is 25.9. The predicted molar refractivity (Wildman–Crippen MR) is 147 cm³/mol. The average Bonchev–Trinajstić information content (AvgIpc) is 3.40. The van der Waals surface area contributed by atoms with Crippen molar-refractivity contribution in [1.82, 2.24) is 20.3 Å². The van der Waals surface area contributed by atoms with Gasteiger partial charge in [0.25, 0.3) is 0 Å². The molecule has 2 fully saturated rings. The van der Waals surface area contributed by atoms with Gasteiger partial charge in [0.15, 0.2) is 0 Å². The molecule has 2 aromatic rings. The second kappa shape index (κ2) is 11.2. The van der Waals surface area contributed by atoms with E-state index in [1.165, 1.54) is 19.3 Å². The first-order valence-corrected chi connectivity index (χ1v) is 14.0. The van der Waals surface area contributed by atoms with Gasteiger partial charge in [0, 0.05) is 26.2 Å². The van der Waals surface area contributed by atoms with Crippen molar-refractivity contribution in [1.29, 1.82) is 0 Å². The Morgan fingerprint density at radius 1 is 1.09 bits per heavy atom. The minimum Gasteiger partial charge on any atom is -0.396 e. The minimum atomic E-state index is 0.254. The van der Waals surface area contributed by atoms with Gasteiger partial charge in [-0.25, -0.2) is 9.97 Å². The predicted octanol–water partition coefficient (Wildman–Crippen LogP) is 5.61. The van der Waals surface area contributed by atoms with Crippen LogP contribution in [0.25, 0.3) is 16.6 Å². The molecule has 0 radical (unpaired) electrons. The summed E-state index contributed by atoms with van der Waals surface area (Å²) >= 11 is 1.67. The normalized spacial score (nSPS) is 21.9. The van der Waals surface area contributed by atoms with Crippen molar-refractivity contribution in [2.24, 2.45) is 17.3 Å². The molecule has 3 unspecified atom stereocenters. The molecule has 0 aromatic carbocycles. The molecule has 0 bridgehead atoms. The van der Waals surface area contributed by atoms with Gasteiger partial charge in [0.1, 0.15) is 10.8 Å². The van der Waals surface area contributed by atoms with Gasteiger partial charge in [-0.3, -0.25) is 0 Å². The number of hydrogen-bond donors (Lipinski definition) is 4. The molecule has 35 heavy (non-hydrogen) atoms. The molecule has 2 aliphatic carbocycles. The Balaban J connectivity index is 1.62. The number of rotatable bonds is 12. The highest BCUT2D eigenvalue weighted by atomic mass is 32.1. The molecule has 0 saturated heterocycles. The van der Waals surface area contributed by atoms with Crippen LogP contribution in [-0.4, -0.2) is 46.3 Å². The fourth-order valence-corrected chi connectivity index (χ4v) is 6.13. The highest BCUT2D eigenvalue weighted by molar-refractivity contribution is 7.16. The van der Waals surface area contributed by atoms with E-state index in [1.807, 2.05) is 20.2 Å². The number of anilines is 2. The molecule has 2 heterocycles. The first-order chi connectivity index (χ1) is 16.8. The van der Waals surface area contributed by atoms with E-state index in [0.29, 0.717) is 17.9 Å². The molecule has 2 aromatic heterocycles. The molecule has 7 nitrogen and oxygen atoms in total. The Kier molecular flexibility index (Phi) is 8.32. The number of aromatic nitrogens is 3. The minimum absolute atomic E-state index is 0.254. The molecular weight excluding hydrogens is 456 g/mol. The van der Waals surface area contributed by atoms with E-state index in [9.17, 15) is 5.11 Å². The molecule has 2 saturated carbocycles. The van der Waals surface area contributed by atoms with Gasteiger partial charge in [-0.15, -0.1) is 11.3 Å². The number of aryl methyl sites for hydroxylation is 2. The molecule has 0 amide bonds. The summed E-state index contributed by atoms with van der Waals surface area (Å²) in [6.45, 7) is 9.90. The van der Waals surface area contributed by atoms with E-state index in [2.05, 4.69) is 42.8 Å². The van der Waals surface area contributed by atoms with E-state index >= 15 is 0 Å². The highest BCUT2D eigenvalue weighted by Gasteiger charge is 2.32. The number of hydrogen-bond acceptors (Lipinski definition) is 8. The van der Waals surface area contributed by atoms with Crippen LogP contribution in [0.2, 0.25) is 0 Å². The van der Waals surface area contributed by atoms with E-state index in [-0.39, 0.29) is 12.0 Å². The lowest BCUT2D eigenvalue weighted by Crippen LogP contribution is -2.27. The van der Waals surface area contributed by atoms with Crippen molar-refractivity contribution < 1.29 is 5.11 Å². The molecule has 4 N–H and O–H groups in total. The fourth-order valence-electron chi connectivity index (χ4n) is 5.06. The van der Waals surface area contributed by atoms with Crippen molar-refractivity contribution in [3.63, 3.8) is 0 Å². The van der Waals surface area contributed by atoms with Crippen LogP contribution in [0.5, 0.6) is 0 Å². The van der Waals surface area contributed by atoms with Gasteiger partial charge in [-0.05, 0) is 75.5 Å². The number of aliphatic hydroxyl groups is 1. The lowest BCUT2D eigenvalue weighted by atomic mass is 9.82. The summed E-state index contributed by atoms with van der Waals surface area (Å²) in [6.07, 6.45) is 12.2. The van der Waals surface area contributed by atoms with Crippen LogP contribution in [0.4, 0.5) is 11.8 Å². The topological polar surface area (TPSA) is 95.0 Å². The highest BCUT2D eigenvalue weighted by Crippen LogP contribution is 2.42. The third kappa shape index (κ3) is 6.53. The van der Waals surface area contributed by atoms with E-state index < -0.39 is 0 Å². The summed E-state index contributed by atoms with van der Waals surface area (Å²) in [5.41, 5.74) is 3.17. The molecule has 4 rings (SSSR count). The average molecular weight is 499 g/mol. The smallest absolute Gasteiger partial charge is 0.224 e. The Morgan fingerprint density at radius 3 is 2.51 bits per heavy atom. The van der Waals surface area contributed by atoms with Crippen LogP contribution in [-0.2, 0) is 0 Å². The van der Waals surface area contributed by atoms with Crippen molar-refractivity contribution in [2.75, 3.05) is 30.8 Å². The summed E-state index contributed by atoms with van der Waals surface area (Å²) in [5, 5.41) is 20.9. The van der Waals surface area contributed by atoms with Crippen molar-refractivity contribution in [3.8, 4) is 10.6 Å². The summed E-state index contributed by atoms with van der Waals surface area (Å²) in [5.74, 6) is 2.79. The lowest BCUT2D eigenvalue weighted by Gasteiger charge is -2.29. The Bertz CT molecular complexity index is 1030. The quantitative estimate of drug-likeness (QED) is 0.302. The second-order valence-corrected chi connectivity index (χ2v) is 11.8. The molecular formula is C27H42N6OS. The maximum absolute atomic E-state index is 9.63. The zero-order chi connectivity index (χ0) is 25.0. The van der Waals surface area contributed by atoms with Crippen LogP contribution < -0.4 is 16.0 Å². The van der Waals surface area contributed by atoms with Gasteiger partial charge in [0.2, 0.25) is 5.95 Å². The molecule has 192 valence electrons. The van der Waals surface area contributed by atoms with Gasteiger partial charge >= 0.3 is 0 Å². The number of nitrogens with one attached hydrogen (secondary N) is 3. The molecule has 3 atom stereocenters. The summed E-state index contributed by atoms with van der Waals surface area (Å²) in [7, 11) is 1.90. The SMILES string of the molecule is CCC(C)(CNc1nc(C)c(-c2nc(C)c(/C=C\NC)s2)c(NC2CCC(CO)C2)n1)CC1CC1. The monoisotopic (exact) mass is 498 g/mol. The number of thiazole rings is 1. The van der Waals surface area contributed by atoms with Crippen LogP contribution in [0, 0.1) is 31.1 Å². The van der Waals surface area contributed by atoms with E-state index in [0.717, 1.165) is 70.8 Å². The van der Waals surface area contributed by atoms with Crippen LogP contribution >= 0.6 is 11.3 Å². The Labute approximate surface area is 214 Å². The zero-order valence-electron chi connectivity index (χ0n) is 21.9. The van der Waals surface area contributed by atoms with Crippen molar-refractivity contribution in [3.05, 3.63) is 22.5 Å². The maximum Gasteiger partial charge on any atom is 0.224 e. The molecule has 0 spiro atoms. The van der Waals surface area contributed by atoms with Gasteiger partial charge < -0.3 is 21.1 Å². The summed E-state index contributed by atoms with van der Waals surface area (Å²) in [6, 6.07) is 0.300. The van der Waals surface area contributed by atoms with E-state index in [4.69, 9.17) is 15.0 Å². The lowest BCUT2D eigenvalue weighted by molar-refractivity contribution is 0.229. The Hall–Kier alpha value is -2.19. The maximum atomic E-state index is 9.63. The van der Waals surface area contributed by atoms with Crippen LogP contribution in [0.15, 0.2) is 6.20 Å². The molecule has 8 heteroatoms.